The van der Waals surface area contributed by atoms with Gasteiger partial charge in [0.25, 0.3) is 0 Å². The second-order valence-electron chi connectivity index (χ2n) is 5.45. The maximum absolute atomic E-state index is 9.67. The third-order valence-corrected chi connectivity index (χ3v) is 3.98. The molecule has 21 heavy (non-hydrogen) atoms. The van der Waals surface area contributed by atoms with Gasteiger partial charge in [-0.15, -0.1) is 0 Å². The minimum atomic E-state index is 0.147. The van der Waals surface area contributed by atoms with Crippen molar-refractivity contribution in [2.45, 2.75) is 25.3 Å². The normalized spacial score (nSPS) is 17.6. The van der Waals surface area contributed by atoms with Gasteiger partial charge in [0.15, 0.2) is 5.96 Å². The Morgan fingerprint density at radius 3 is 3.05 bits per heavy atom. The standard InChI is InChI=1S/C15H21N5O/c16-15(17)19-6-1-2-13-14-10(5-7-18-13)11-8-9(21)3-4-12(11)20-14/h3-4,8,13,18,20-21H,1-2,5-7H2,(H4,16,17,19). The first kappa shape index (κ1) is 13.8. The van der Waals surface area contributed by atoms with Crippen LogP contribution < -0.4 is 16.8 Å². The monoisotopic (exact) mass is 287 g/mol. The highest BCUT2D eigenvalue weighted by Gasteiger charge is 2.23. The van der Waals surface area contributed by atoms with E-state index >= 15 is 0 Å². The first-order chi connectivity index (χ1) is 10.1. The molecule has 0 saturated carbocycles. The number of aliphatic imine (C=N–C) groups is 1. The Hall–Kier alpha value is -2.21. The predicted molar refractivity (Wildman–Crippen MR) is 84.3 cm³/mol. The van der Waals surface area contributed by atoms with Crippen LogP contribution in [0, 0.1) is 0 Å². The fraction of sp³-hybridized carbons (Fsp3) is 0.400. The van der Waals surface area contributed by atoms with Gasteiger partial charge >= 0.3 is 0 Å². The molecule has 6 nitrogen and oxygen atoms in total. The highest BCUT2D eigenvalue weighted by molar-refractivity contribution is 5.86. The molecule has 1 aliphatic rings. The molecule has 0 saturated heterocycles. The van der Waals surface area contributed by atoms with Crippen molar-refractivity contribution in [3.05, 3.63) is 29.5 Å². The fourth-order valence-electron chi connectivity index (χ4n) is 3.05. The van der Waals surface area contributed by atoms with Crippen LogP contribution in [0.5, 0.6) is 5.75 Å². The van der Waals surface area contributed by atoms with Gasteiger partial charge in [0.1, 0.15) is 5.75 Å². The maximum Gasteiger partial charge on any atom is 0.185 e. The summed E-state index contributed by atoms with van der Waals surface area (Å²) in [6, 6.07) is 5.77. The summed E-state index contributed by atoms with van der Waals surface area (Å²) in [6.45, 7) is 1.60. The van der Waals surface area contributed by atoms with Crippen LogP contribution in [0.15, 0.2) is 23.2 Å². The summed E-state index contributed by atoms with van der Waals surface area (Å²) in [7, 11) is 0. The van der Waals surface area contributed by atoms with Crippen molar-refractivity contribution in [3.8, 4) is 5.75 Å². The van der Waals surface area contributed by atoms with E-state index in [-0.39, 0.29) is 12.0 Å². The van der Waals surface area contributed by atoms with E-state index in [2.05, 4.69) is 15.3 Å². The summed E-state index contributed by atoms with van der Waals surface area (Å²) in [6.07, 6.45) is 2.88. The number of benzene rings is 1. The number of aromatic nitrogens is 1. The van der Waals surface area contributed by atoms with Crippen molar-refractivity contribution < 1.29 is 5.11 Å². The number of rotatable bonds is 4. The van der Waals surface area contributed by atoms with Gasteiger partial charge in [0.2, 0.25) is 0 Å². The number of aromatic hydroxyl groups is 1. The molecular formula is C15H21N5O. The number of H-pyrrole nitrogens is 1. The summed E-state index contributed by atoms with van der Waals surface area (Å²) in [4.78, 5) is 7.50. The summed E-state index contributed by atoms with van der Waals surface area (Å²) >= 11 is 0. The van der Waals surface area contributed by atoms with E-state index in [1.807, 2.05) is 12.1 Å². The van der Waals surface area contributed by atoms with E-state index < -0.39 is 0 Å². The molecule has 0 radical (unpaired) electrons. The minimum Gasteiger partial charge on any atom is -0.508 e. The maximum atomic E-state index is 9.67. The molecule has 0 aliphatic carbocycles. The molecule has 0 fully saturated rings. The molecule has 112 valence electrons. The Balaban J connectivity index is 1.81. The molecular weight excluding hydrogens is 266 g/mol. The molecule has 2 aromatic rings. The second kappa shape index (κ2) is 5.65. The van der Waals surface area contributed by atoms with Gasteiger partial charge in [-0.05, 0) is 49.6 Å². The quantitative estimate of drug-likeness (QED) is 0.329. The molecule has 3 rings (SSSR count). The number of phenols is 1. The van der Waals surface area contributed by atoms with Gasteiger partial charge in [0, 0.05) is 29.2 Å². The molecule has 6 heteroatoms. The average molecular weight is 287 g/mol. The highest BCUT2D eigenvalue weighted by Crippen LogP contribution is 2.33. The van der Waals surface area contributed by atoms with E-state index in [1.54, 1.807) is 6.07 Å². The zero-order chi connectivity index (χ0) is 14.8. The molecule has 1 unspecified atom stereocenters. The Morgan fingerprint density at radius 1 is 1.38 bits per heavy atom. The molecule has 1 aromatic carbocycles. The number of fused-ring (bicyclic) bond motifs is 3. The van der Waals surface area contributed by atoms with Crippen LogP contribution in [-0.2, 0) is 6.42 Å². The SMILES string of the molecule is NC(N)=NCCCC1NCCc2c1[nH]c1ccc(O)cc21. The van der Waals surface area contributed by atoms with Crippen LogP contribution in [0.4, 0.5) is 0 Å². The smallest absolute Gasteiger partial charge is 0.185 e. The van der Waals surface area contributed by atoms with Crippen molar-refractivity contribution >= 4 is 16.9 Å². The van der Waals surface area contributed by atoms with Crippen molar-refractivity contribution in [2.24, 2.45) is 16.5 Å². The molecule has 0 bridgehead atoms. The van der Waals surface area contributed by atoms with Gasteiger partial charge in [-0.3, -0.25) is 4.99 Å². The summed E-state index contributed by atoms with van der Waals surface area (Å²) in [5.41, 5.74) is 14.3. The zero-order valence-electron chi connectivity index (χ0n) is 11.9. The highest BCUT2D eigenvalue weighted by atomic mass is 16.3. The first-order valence-electron chi connectivity index (χ1n) is 7.27. The predicted octanol–water partition coefficient (Wildman–Crippen LogP) is 1.11. The Bertz CT molecular complexity index is 672. The third kappa shape index (κ3) is 2.80. The number of aromatic amines is 1. The van der Waals surface area contributed by atoms with Gasteiger partial charge in [-0.2, -0.15) is 0 Å². The number of hydrogen-bond donors (Lipinski definition) is 5. The molecule has 2 heterocycles. The van der Waals surface area contributed by atoms with Crippen LogP contribution in [0.2, 0.25) is 0 Å². The van der Waals surface area contributed by atoms with Crippen molar-refractivity contribution in [3.63, 3.8) is 0 Å². The van der Waals surface area contributed by atoms with E-state index in [1.165, 1.54) is 11.3 Å². The van der Waals surface area contributed by atoms with Gasteiger partial charge in [0.05, 0.1) is 0 Å². The number of nitrogens with zero attached hydrogens (tertiary/aromatic N) is 1. The van der Waals surface area contributed by atoms with E-state index in [4.69, 9.17) is 11.5 Å². The number of hydrogen-bond acceptors (Lipinski definition) is 3. The largest absolute Gasteiger partial charge is 0.508 e. The van der Waals surface area contributed by atoms with Gasteiger partial charge in [-0.25, -0.2) is 0 Å². The van der Waals surface area contributed by atoms with E-state index in [9.17, 15) is 5.11 Å². The lowest BCUT2D eigenvalue weighted by Gasteiger charge is -2.24. The third-order valence-electron chi connectivity index (χ3n) is 3.98. The van der Waals surface area contributed by atoms with E-state index in [0.29, 0.717) is 12.3 Å². The molecule has 1 aliphatic heterocycles. The summed E-state index contributed by atoms with van der Waals surface area (Å²) in [5.74, 6) is 0.459. The van der Waals surface area contributed by atoms with Crippen LogP contribution in [-0.4, -0.2) is 29.1 Å². The van der Waals surface area contributed by atoms with Crippen LogP contribution in [0.3, 0.4) is 0 Å². The van der Waals surface area contributed by atoms with Crippen LogP contribution in [0.1, 0.15) is 30.1 Å². The first-order valence-corrected chi connectivity index (χ1v) is 7.27. The average Bonchev–Trinajstić information content (AvgIpc) is 2.82. The fourth-order valence-corrected chi connectivity index (χ4v) is 3.05. The van der Waals surface area contributed by atoms with Crippen LogP contribution in [0.25, 0.3) is 10.9 Å². The molecule has 1 atom stereocenters. The molecule has 0 amide bonds. The Morgan fingerprint density at radius 2 is 2.24 bits per heavy atom. The number of nitrogens with two attached hydrogens (primary N) is 2. The molecule has 1 aromatic heterocycles. The van der Waals surface area contributed by atoms with E-state index in [0.717, 1.165) is 36.7 Å². The molecule has 7 N–H and O–H groups in total. The lowest BCUT2D eigenvalue weighted by molar-refractivity contribution is 0.458. The van der Waals surface area contributed by atoms with Gasteiger partial charge in [-0.1, -0.05) is 0 Å². The van der Waals surface area contributed by atoms with Gasteiger partial charge < -0.3 is 26.9 Å². The summed E-state index contributed by atoms with van der Waals surface area (Å²) < 4.78 is 0. The Labute approximate surface area is 123 Å². The Kier molecular flexibility index (Phi) is 3.70. The number of nitrogens with one attached hydrogen (secondary N) is 2. The van der Waals surface area contributed by atoms with Crippen molar-refractivity contribution in [2.75, 3.05) is 13.1 Å². The summed E-state index contributed by atoms with van der Waals surface area (Å²) in [5, 5.41) is 14.3. The minimum absolute atomic E-state index is 0.147. The number of phenolic OH excluding ortho intramolecular Hbond substituents is 1. The van der Waals surface area contributed by atoms with Crippen LogP contribution >= 0.6 is 0 Å². The topological polar surface area (TPSA) is 112 Å². The zero-order valence-corrected chi connectivity index (χ0v) is 11.9. The lowest BCUT2D eigenvalue weighted by atomic mass is 9.96. The van der Waals surface area contributed by atoms with Crippen molar-refractivity contribution in [1.82, 2.24) is 10.3 Å². The lowest BCUT2D eigenvalue weighted by Crippen LogP contribution is -2.30. The van der Waals surface area contributed by atoms with Crippen molar-refractivity contribution in [1.29, 1.82) is 0 Å². The second-order valence-corrected chi connectivity index (χ2v) is 5.45. The number of guanidine groups is 1. The molecule has 0 spiro atoms.